The van der Waals surface area contributed by atoms with Gasteiger partial charge in [-0.25, -0.2) is 4.98 Å². The molecule has 1 aromatic heterocycles. The highest BCUT2D eigenvalue weighted by atomic mass is 16.6. The lowest BCUT2D eigenvalue weighted by atomic mass is 10.1. The van der Waals surface area contributed by atoms with Crippen molar-refractivity contribution in [2.45, 2.75) is 13.8 Å². The second kappa shape index (κ2) is 7.69. The molecule has 0 aliphatic heterocycles. The third kappa shape index (κ3) is 3.95. The summed E-state index contributed by atoms with van der Waals surface area (Å²) in [6, 6.07) is 12.5. The van der Waals surface area contributed by atoms with Gasteiger partial charge in [-0.1, -0.05) is 18.2 Å². The summed E-state index contributed by atoms with van der Waals surface area (Å²) in [6.07, 6.45) is 1.21. The molecule has 0 saturated heterocycles. The fraction of sp³-hybridized carbons (Fsp3) is 0.158. The molecule has 0 amide bonds. The van der Waals surface area contributed by atoms with Gasteiger partial charge >= 0.3 is 11.6 Å². The van der Waals surface area contributed by atoms with Gasteiger partial charge in [-0.05, 0) is 49.2 Å². The molecule has 0 radical (unpaired) electrons. The number of nitro groups is 1. The van der Waals surface area contributed by atoms with Gasteiger partial charge in [0, 0.05) is 5.69 Å². The molecule has 3 aromatic rings. The van der Waals surface area contributed by atoms with Crippen molar-refractivity contribution >= 4 is 17.2 Å². The number of ether oxygens (including phenoxy) is 2. The maximum Gasteiger partial charge on any atom is 0.373 e. The highest BCUT2D eigenvalue weighted by Gasteiger charge is 2.26. The predicted molar refractivity (Wildman–Crippen MR) is 101 cm³/mol. The molecule has 0 aliphatic carbocycles. The summed E-state index contributed by atoms with van der Waals surface area (Å²) in [5.74, 6) is 0.627. The second-order valence-corrected chi connectivity index (χ2v) is 5.81. The van der Waals surface area contributed by atoms with E-state index < -0.39 is 4.92 Å². The molecule has 8 nitrogen and oxygen atoms in total. The van der Waals surface area contributed by atoms with Crippen LogP contribution in [0.4, 0.5) is 17.2 Å². The van der Waals surface area contributed by atoms with E-state index in [1.807, 2.05) is 32.0 Å². The number of anilines is 2. The first kappa shape index (κ1) is 18.1. The fourth-order valence-electron chi connectivity index (χ4n) is 2.46. The average Bonchev–Trinajstić information content (AvgIpc) is 2.65. The molecule has 0 fully saturated rings. The monoisotopic (exact) mass is 366 g/mol. The SMILES string of the molecule is COc1ccccc1Oc1ncnc(Nc2ccc(C)c(C)c2)c1[N+](=O)[O-]. The van der Waals surface area contributed by atoms with Crippen molar-refractivity contribution in [1.82, 2.24) is 9.97 Å². The van der Waals surface area contributed by atoms with Crippen LogP contribution in [0.15, 0.2) is 48.8 Å². The normalized spacial score (nSPS) is 10.3. The number of aryl methyl sites for hydroxylation is 2. The molecule has 1 N–H and O–H groups in total. The maximum atomic E-state index is 11.7. The van der Waals surface area contributed by atoms with E-state index >= 15 is 0 Å². The minimum Gasteiger partial charge on any atom is -0.493 e. The van der Waals surface area contributed by atoms with Crippen LogP contribution in [0.25, 0.3) is 0 Å². The zero-order valence-corrected chi connectivity index (χ0v) is 15.1. The molecule has 3 rings (SSSR count). The highest BCUT2D eigenvalue weighted by molar-refractivity contribution is 5.69. The van der Waals surface area contributed by atoms with E-state index in [0.29, 0.717) is 17.2 Å². The number of aromatic nitrogens is 2. The van der Waals surface area contributed by atoms with Gasteiger partial charge in [0.25, 0.3) is 0 Å². The van der Waals surface area contributed by atoms with E-state index in [-0.39, 0.29) is 17.4 Å². The molecule has 2 aromatic carbocycles. The standard InChI is InChI=1S/C19H18N4O4/c1-12-8-9-14(10-13(12)2)22-18-17(23(24)25)19(21-11-20-18)27-16-7-5-4-6-15(16)26-3/h4-11H,1-3H3,(H,20,21,22). The van der Waals surface area contributed by atoms with Crippen molar-refractivity contribution in [2.24, 2.45) is 0 Å². The Morgan fingerprint density at radius 3 is 2.44 bits per heavy atom. The molecule has 138 valence electrons. The molecule has 0 atom stereocenters. The predicted octanol–water partition coefficient (Wildman–Crippen LogP) is 4.55. The van der Waals surface area contributed by atoms with Crippen molar-refractivity contribution < 1.29 is 14.4 Å². The molecule has 27 heavy (non-hydrogen) atoms. The zero-order valence-electron chi connectivity index (χ0n) is 15.1. The van der Waals surface area contributed by atoms with Crippen molar-refractivity contribution in [3.05, 3.63) is 70.0 Å². The lowest BCUT2D eigenvalue weighted by molar-refractivity contribution is -0.385. The van der Waals surface area contributed by atoms with Gasteiger partial charge < -0.3 is 14.8 Å². The Hall–Kier alpha value is -3.68. The number of rotatable bonds is 6. The molecule has 8 heteroatoms. The average molecular weight is 366 g/mol. The molecule has 0 aliphatic rings. The van der Waals surface area contributed by atoms with Crippen LogP contribution in [-0.4, -0.2) is 22.0 Å². The molecule has 1 heterocycles. The van der Waals surface area contributed by atoms with Crippen LogP contribution in [0.2, 0.25) is 0 Å². The number of hydrogen-bond donors (Lipinski definition) is 1. The van der Waals surface area contributed by atoms with Gasteiger partial charge in [0.05, 0.1) is 12.0 Å². The summed E-state index contributed by atoms with van der Waals surface area (Å²) >= 11 is 0. The number of hydrogen-bond acceptors (Lipinski definition) is 7. The van der Waals surface area contributed by atoms with Gasteiger partial charge in [-0.2, -0.15) is 4.98 Å². The first-order chi connectivity index (χ1) is 13.0. The minimum atomic E-state index is -0.575. The van der Waals surface area contributed by atoms with Gasteiger partial charge in [0.2, 0.25) is 5.82 Å². The van der Waals surface area contributed by atoms with Crippen LogP contribution in [0.3, 0.4) is 0 Å². The summed E-state index contributed by atoms with van der Waals surface area (Å²) in [5, 5.41) is 14.6. The van der Waals surface area contributed by atoms with E-state index in [1.54, 1.807) is 24.3 Å². The van der Waals surface area contributed by atoms with Crippen molar-refractivity contribution in [3.8, 4) is 17.4 Å². The Kier molecular flexibility index (Phi) is 5.16. The number of nitrogens with zero attached hydrogens (tertiary/aromatic N) is 3. The fourth-order valence-corrected chi connectivity index (χ4v) is 2.46. The molecule has 0 saturated carbocycles. The second-order valence-electron chi connectivity index (χ2n) is 5.81. The first-order valence-corrected chi connectivity index (χ1v) is 8.14. The summed E-state index contributed by atoms with van der Waals surface area (Å²) in [5.41, 5.74) is 2.50. The quantitative estimate of drug-likeness (QED) is 0.505. The summed E-state index contributed by atoms with van der Waals surface area (Å²) in [6.45, 7) is 3.95. The van der Waals surface area contributed by atoms with Crippen molar-refractivity contribution in [2.75, 3.05) is 12.4 Å². The molecule has 0 bridgehead atoms. The Labute approximate surface area is 156 Å². The number of methoxy groups -OCH3 is 1. The van der Waals surface area contributed by atoms with Crippen LogP contribution < -0.4 is 14.8 Å². The smallest absolute Gasteiger partial charge is 0.373 e. The van der Waals surface area contributed by atoms with Gasteiger partial charge in [0.15, 0.2) is 11.5 Å². The van der Waals surface area contributed by atoms with Crippen molar-refractivity contribution in [3.63, 3.8) is 0 Å². The van der Waals surface area contributed by atoms with E-state index in [2.05, 4.69) is 15.3 Å². The number of para-hydroxylation sites is 2. The van der Waals surface area contributed by atoms with E-state index in [4.69, 9.17) is 9.47 Å². The van der Waals surface area contributed by atoms with Crippen LogP contribution in [0.1, 0.15) is 11.1 Å². The van der Waals surface area contributed by atoms with Crippen LogP contribution >= 0.6 is 0 Å². The zero-order chi connectivity index (χ0) is 19.4. The lowest BCUT2D eigenvalue weighted by Gasteiger charge is -2.12. The Bertz CT molecular complexity index is 991. The number of benzene rings is 2. The largest absolute Gasteiger partial charge is 0.493 e. The number of nitrogens with one attached hydrogen (secondary N) is 1. The van der Waals surface area contributed by atoms with E-state index in [1.165, 1.54) is 13.4 Å². The summed E-state index contributed by atoms with van der Waals surface area (Å²) < 4.78 is 10.9. The van der Waals surface area contributed by atoms with E-state index in [9.17, 15) is 10.1 Å². The van der Waals surface area contributed by atoms with Crippen LogP contribution in [0, 0.1) is 24.0 Å². The van der Waals surface area contributed by atoms with Gasteiger partial charge in [-0.15, -0.1) is 0 Å². The third-order valence-corrected chi connectivity index (χ3v) is 4.02. The van der Waals surface area contributed by atoms with Gasteiger partial charge in [-0.3, -0.25) is 10.1 Å². The van der Waals surface area contributed by atoms with Gasteiger partial charge in [0.1, 0.15) is 6.33 Å². The van der Waals surface area contributed by atoms with Crippen LogP contribution in [-0.2, 0) is 0 Å². The molecular weight excluding hydrogens is 348 g/mol. The third-order valence-electron chi connectivity index (χ3n) is 4.02. The topological polar surface area (TPSA) is 99.4 Å². The Morgan fingerprint density at radius 2 is 1.78 bits per heavy atom. The molecule has 0 unspecified atom stereocenters. The van der Waals surface area contributed by atoms with E-state index in [0.717, 1.165) is 11.1 Å². The molecular formula is C19H18N4O4. The Balaban J connectivity index is 1.99. The van der Waals surface area contributed by atoms with Crippen LogP contribution in [0.5, 0.6) is 17.4 Å². The first-order valence-electron chi connectivity index (χ1n) is 8.14. The summed E-state index contributed by atoms with van der Waals surface area (Å²) in [7, 11) is 1.49. The minimum absolute atomic E-state index is 0.0446. The Morgan fingerprint density at radius 1 is 1.04 bits per heavy atom. The molecule has 0 spiro atoms. The summed E-state index contributed by atoms with van der Waals surface area (Å²) in [4.78, 5) is 19.0. The highest BCUT2D eigenvalue weighted by Crippen LogP contribution is 2.38. The van der Waals surface area contributed by atoms with Crippen molar-refractivity contribution in [1.29, 1.82) is 0 Å². The maximum absolute atomic E-state index is 11.7. The lowest BCUT2D eigenvalue weighted by Crippen LogP contribution is -2.04.